The number of carbonyl (C=O) groups is 2. The standard InChI is InChI=1S/C28H39N3O4/c1-4-29-27(34)30-20-21-9-5-6-10-23(21)24-13-12-22(19-25(24)32)28(2,3)14-8-7-11-26(33)31-15-17-35-18-16-31/h5-6,9-10,12-13,19,32H,4,7-8,11,14-18,20H2,1-3H3,(H2,29,30,34). The first-order valence-electron chi connectivity index (χ1n) is 12.6. The van der Waals surface area contributed by atoms with Gasteiger partial charge >= 0.3 is 6.03 Å². The largest absolute Gasteiger partial charge is 0.507 e. The molecule has 3 N–H and O–H groups in total. The van der Waals surface area contributed by atoms with Gasteiger partial charge in [-0.25, -0.2) is 4.79 Å². The summed E-state index contributed by atoms with van der Waals surface area (Å²) < 4.78 is 5.32. The topological polar surface area (TPSA) is 90.9 Å². The lowest BCUT2D eigenvalue weighted by atomic mass is 9.79. The molecular weight excluding hydrogens is 442 g/mol. The number of ether oxygens (including phenoxy) is 1. The van der Waals surface area contributed by atoms with Gasteiger partial charge in [-0.1, -0.05) is 56.7 Å². The minimum Gasteiger partial charge on any atom is -0.507 e. The molecule has 1 aliphatic heterocycles. The summed E-state index contributed by atoms with van der Waals surface area (Å²) in [5.74, 6) is 0.442. The summed E-state index contributed by atoms with van der Waals surface area (Å²) in [5.41, 5.74) is 3.51. The van der Waals surface area contributed by atoms with E-state index in [4.69, 9.17) is 4.74 Å². The Kier molecular flexibility index (Phi) is 9.55. The van der Waals surface area contributed by atoms with Crippen molar-refractivity contribution in [3.05, 3.63) is 53.6 Å². The molecule has 0 aromatic heterocycles. The summed E-state index contributed by atoms with van der Waals surface area (Å²) in [6.45, 7) is 9.82. The van der Waals surface area contributed by atoms with Gasteiger partial charge in [-0.05, 0) is 47.9 Å². The first-order valence-corrected chi connectivity index (χ1v) is 12.6. The van der Waals surface area contributed by atoms with Gasteiger partial charge in [0.1, 0.15) is 5.75 Å². The third-order valence-corrected chi connectivity index (χ3v) is 6.67. The monoisotopic (exact) mass is 481 g/mol. The van der Waals surface area contributed by atoms with Gasteiger partial charge in [-0.3, -0.25) is 4.79 Å². The number of amides is 3. The van der Waals surface area contributed by atoms with Crippen LogP contribution in [0.1, 0.15) is 57.6 Å². The summed E-state index contributed by atoms with van der Waals surface area (Å²) in [5, 5.41) is 16.5. The van der Waals surface area contributed by atoms with Gasteiger partial charge < -0.3 is 25.4 Å². The van der Waals surface area contributed by atoms with Crippen molar-refractivity contribution in [2.24, 2.45) is 0 Å². The second-order valence-corrected chi connectivity index (χ2v) is 9.69. The van der Waals surface area contributed by atoms with E-state index in [2.05, 4.69) is 30.5 Å². The second-order valence-electron chi connectivity index (χ2n) is 9.69. The molecule has 7 nitrogen and oxygen atoms in total. The fourth-order valence-corrected chi connectivity index (χ4v) is 4.47. The molecule has 1 aliphatic rings. The number of hydrogen-bond acceptors (Lipinski definition) is 4. The Hall–Kier alpha value is -3.06. The van der Waals surface area contributed by atoms with Crippen LogP contribution in [0.4, 0.5) is 4.79 Å². The van der Waals surface area contributed by atoms with Crippen LogP contribution in [0.25, 0.3) is 11.1 Å². The zero-order valence-corrected chi connectivity index (χ0v) is 21.2. The molecule has 2 aromatic carbocycles. The highest BCUT2D eigenvalue weighted by Crippen LogP contribution is 2.37. The van der Waals surface area contributed by atoms with Crippen molar-refractivity contribution < 1.29 is 19.4 Å². The molecule has 7 heteroatoms. The Bertz CT molecular complexity index is 999. The number of morpholine rings is 1. The summed E-state index contributed by atoms with van der Waals surface area (Å²) in [4.78, 5) is 26.1. The quantitative estimate of drug-likeness (QED) is 0.434. The number of hydrogen-bond donors (Lipinski definition) is 3. The van der Waals surface area contributed by atoms with Crippen molar-refractivity contribution >= 4 is 11.9 Å². The van der Waals surface area contributed by atoms with E-state index in [0.717, 1.165) is 41.5 Å². The zero-order valence-electron chi connectivity index (χ0n) is 21.2. The molecule has 190 valence electrons. The Balaban J connectivity index is 1.61. The summed E-state index contributed by atoms with van der Waals surface area (Å²) >= 11 is 0. The fourth-order valence-electron chi connectivity index (χ4n) is 4.47. The highest BCUT2D eigenvalue weighted by Gasteiger charge is 2.23. The van der Waals surface area contributed by atoms with E-state index in [1.165, 1.54) is 0 Å². The van der Waals surface area contributed by atoms with Crippen LogP contribution >= 0.6 is 0 Å². The molecule has 1 saturated heterocycles. The van der Waals surface area contributed by atoms with Crippen LogP contribution in [0.15, 0.2) is 42.5 Å². The Morgan fingerprint density at radius 1 is 1.03 bits per heavy atom. The first-order chi connectivity index (χ1) is 16.8. The van der Waals surface area contributed by atoms with Crippen molar-refractivity contribution in [2.75, 3.05) is 32.8 Å². The second kappa shape index (κ2) is 12.6. The molecule has 0 spiro atoms. The highest BCUT2D eigenvalue weighted by molar-refractivity contribution is 5.77. The van der Waals surface area contributed by atoms with E-state index < -0.39 is 0 Å². The maximum absolute atomic E-state index is 12.4. The summed E-state index contributed by atoms with van der Waals surface area (Å²) in [6, 6.07) is 13.4. The maximum atomic E-state index is 12.4. The molecule has 0 unspecified atom stereocenters. The van der Waals surface area contributed by atoms with Crippen LogP contribution in [-0.4, -0.2) is 54.8 Å². The Morgan fingerprint density at radius 2 is 1.77 bits per heavy atom. The molecule has 3 rings (SSSR count). The molecular formula is C28H39N3O4. The number of carbonyl (C=O) groups excluding carboxylic acids is 2. The van der Waals surface area contributed by atoms with Gasteiger partial charge in [-0.2, -0.15) is 0 Å². The summed E-state index contributed by atoms with van der Waals surface area (Å²) in [6.07, 6.45) is 3.30. The van der Waals surface area contributed by atoms with E-state index in [0.29, 0.717) is 45.8 Å². The number of nitrogens with zero attached hydrogens (tertiary/aromatic N) is 1. The number of unbranched alkanes of at least 4 members (excludes halogenated alkanes) is 1. The predicted octanol–water partition coefficient (Wildman–Crippen LogP) is 4.58. The van der Waals surface area contributed by atoms with E-state index in [-0.39, 0.29) is 23.1 Å². The van der Waals surface area contributed by atoms with Gasteiger partial charge in [0.15, 0.2) is 0 Å². The number of rotatable bonds is 10. The van der Waals surface area contributed by atoms with Gasteiger partial charge in [0, 0.05) is 38.2 Å². The predicted molar refractivity (Wildman–Crippen MR) is 138 cm³/mol. The van der Waals surface area contributed by atoms with Crippen molar-refractivity contribution in [1.29, 1.82) is 0 Å². The van der Waals surface area contributed by atoms with Crippen LogP contribution in [-0.2, 0) is 21.5 Å². The number of urea groups is 1. The molecule has 1 fully saturated rings. The first kappa shape index (κ1) is 26.5. The molecule has 35 heavy (non-hydrogen) atoms. The fraction of sp³-hybridized carbons (Fsp3) is 0.500. The molecule has 0 bridgehead atoms. The van der Waals surface area contributed by atoms with E-state index in [9.17, 15) is 14.7 Å². The van der Waals surface area contributed by atoms with Crippen molar-refractivity contribution in [2.45, 2.75) is 58.4 Å². The Morgan fingerprint density at radius 3 is 2.49 bits per heavy atom. The Labute approximate surface area is 208 Å². The number of phenolic OH excluding ortho intramolecular Hbond substituents is 1. The number of aromatic hydroxyl groups is 1. The minimum atomic E-state index is -0.213. The molecule has 0 aliphatic carbocycles. The third-order valence-electron chi connectivity index (χ3n) is 6.67. The van der Waals surface area contributed by atoms with E-state index in [1.807, 2.05) is 48.2 Å². The van der Waals surface area contributed by atoms with Gasteiger partial charge in [0.2, 0.25) is 5.91 Å². The van der Waals surface area contributed by atoms with E-state index in [1.54, 1.807) is 0 Å². The lowest BCUT2D eigenvalue weighted by molar-refractivity contribution is -0.135. The zero-order chi connectivity index (χ0) is 25.3. The number of benzene rings is 2. The number of phenols is 1. The number of nitrogens with one attached hydrogen (secondary N) is 2. The SMILES string of the molecule is CCNC(=O)NCc1ccccc1-c1ccc(C(C)(C)CCCCC(=O)N2CCOCC2)cc1O. The molecule has 1 heterocycles. The molecule has 0 saturated carbocycles. The van der Waals surface area contributed by atoms with Crippen LogP contribution in [0.3, 0.4) is 0 Å². The van der Waals surface area contributed by atoms with Gasteiger partial charge in [0.25, 0.3) is 0 Å². The average Bonchev–Trinajstić information content (AvgIpc) is 2.86. The smallest absolute Gasteiger partial charge is 0.315 e. The molecule has 3 amide bonds. The van der Waals surface area contributed by atoms with E-state index >= 15 is 0 Å². The summed E-state index contributed by atoms with van der Waals surface area (Å²) in [7, 11) is 0. The van der Waals surface area contributed by atoms with Crippen molar-refractivity contribution in [3.63, 3.8) is 0 Å². The van der Waals surface area contributed by atoms with Crippen LogP contribution in [0, 0.1) is 0 Å². The normalized spacial score (nSPS) is 14.0. The highest BCUT2D eigenvalue weighted by atomic mass is 16.5. The van der Waals surface area contributed by atoms with Crippen LogP contribution < -0.4 is 10.6 Å². The third kappa shape index (κ3) is 7.46. The maximum Gasteiger partial charge on any atom is 0.315 e. The van der Waals surface area contributed by atoms with Crippen LogP contribution in [0.2, 0.25) is 0 Å². The molecule has 2 aromatic rings. The lowest BCUT2D eigenvalue weighted by Gasteiger charge is -2.28. The minimum absolute atomic E-state index is 0.128. The van der Waals surface area contributed by atoms with Crippen LogP contribution in [0.5, 0.6) is 5.75 Å². The van der Waals surface area contributed by atoms with Gasteiger partial charge in [0.05, 0.1) is 13.2 Å². The molecule has 0 radical (unpaired) electrons. The molecule has 0 atom stereocenters. The lowest BCUT2D eigenvalue weighted by Crippen LogP contribution is -2.40. The average molecular weight is 482 g/mol. The van der Waals surface area contributed by atoms with Gasteiger partial charge in [-0.15, -0.1) is 0 Å². The van der Waals surface area contributed by atoms with Crippen molar-refractivity contribution in [3.8, 4) is 16.9 Å². The van der Waals surface area contributed by atoms with Crippen molar-refractivity contribution in [1.82, 2.24) is 15.5 Å².